The van der Waals surface area contributed by atoms with Crippen molar-refractivity contribution in [2.75, 3.05) is 6.54 Å². The largest absolute Gasteiger partial charge is 0.381 e. The van der Waals surface area contributed by atoms with Gasteiger partial charge in [-0.1, -0.05) is 29.8 Å². The van der Waals surface area contributed by atoms with Crippen LogP contribution in [0.2, 0.25) is 0 Å². The Bertz CT molecular complexity index is 432. The molecule has 0 spiro atoms. The van der Waals surface area contributed by atoms with Gasteiger partial charge in [-0.05, 0) is 18.9 Å². The number of nitrogens with two attached hydrogens (primary N) is 1. The molecular formula is C13H18N2O3. The fourth-order valence-corrected chi connectivity index (χ4v) is 1.53. The van der Waals surface area contributed by atoms with E-state index in [0.29, 0.717) is 12.8 Å². The number of aliphatic hydroxyl groups excluding tert-OH is 1. The Morgan fingerprint density at radius 2 is 2.17 bits per heavy atom. The maximum atomic E-state index is 11.5. The Balaban J connectivity index is 2.31. The minimum absolute atomic E-state index is 0.137. The summed E-state index contributed by atoms with van der Waals surface area (Å²) in [5.74, 6) is -1.05. The molecule has 1 unspecified atom stereocenters. The number of hydrogen-bond acceptors (Lipinski definition) is 3. The third-order valence-corrected chi connectivity index (χ3v) is 2.54. The molecule has 0 bridgehead atoms. The van der Waals surface area contributed by atoms with Crippen LogP contribution in [0.3, 0.4) is 0 Å². The lowest BCUT2D eigenvalue weighted by atomic mass is 10.1. The van der Waals surface area contributed by atoms with Gasteiger partial charge in [-0.2, -0.15) is 0 Å². The number of carbonyl (C=O) groups is 2. The lowest BCUT2D eigenvalue weighted by molar-refractivity contribution is -0.127. The number of aliphatic hydroxyl groups is 1. The Morgan fingerprint density at radius 3 is 2.78 bits per heavy atom. The van der Waals surface area contributed by atoms with Crippen molar-refractivity contribution in [2.24, 2.45) is 5.73 Å². The van der Waals surface area contributed by atoms with Crippen LogP contribution in [0.25, 0.3) is 0 Å². The van der Waals surface area contributed by atoms with E-state index in [9.17, 15) is 9.59 Å². The van der Waals surface area contributed by atoms with Crippen molar-refractivity contribution >= 4 is 11.8 Å². The van der Waals surface area contributed by atoms with Gasteiger partial charge >= 0.3 is 0 Å². The molecule has 5 heteroatoms. The van der Waals surface area contributed by atoms with Gasteiger partial charge in [0.15, 0.2) is 0 Å². The monoisotopic (exact) mass is 250 g/mol. The molecule has 98 valence electrons. The van der Waals surface area contributed by atoms with Gasteiger partial charge in [0.05, 0.1) is 6.54 Å². The highest BCUT2D eigenvalue weighted by Gasteiger charge is 2.11. The van der Waals surface area contributed by atoms with Crippen LogP contribution in [0, 0.1) is 6.92 Å². The van der Waals surface area contributed by atoms with E-state index >= 15 is 0 Å². The minimum Gasteiger partial charge on any atom is -0.381 e. The van der Waals surface area contributed by atoms with Crippen molar-refractivity contribution in [1.82, 2.24) is 5.32 Å². The van der Waals surface area contributed by atoms with Crippen molar-refractivity contribution in [1.29, 1.82) is 0 Å². The second kappa shape index (κ2) is 6.76. The predicted molar refractivity (Wildman–Crippen MR) is 67.7 cm³/mol. The number of hydrogen-bond donors (Lipinski definition) is 3. The summed E-state index contributed by atoms with van der Waals surface area (Å²) in [4.78, 5) is 22.0. The number of amides is 2. The number of benzene rings is 1. The molecule has 2 amide bonds. The quantitative estimate of drug-likeness (QED) is 0.657. The van der Waals surface area contributed by atoms with Crippen molar-refractivity contribution in [3.05, 3.63) is 35.4 Å². The van der Waals surface area contributed by atoms with Gasteiger partial charge < -0.3 is 16.2 Å². The maximum Gasteiger partial charge on any atom is 0.248 e. The lowest BCUT2D eigenvalue weighted by Gasteiger charge is -2.08. The fourth-order valence-electron chi connectivity index (χ4n) is 1.53. The van der Waals surface area contributed by atoms with Crippen molar-refractivity contribution in [2.45, 2.75) is 25.9 Å². The van der Waals surface area contributed by atoms with Crippen LogP contribution < -0.4 is 11.1 Å². The van der Waals surface area contributed by atoms with Gasteiger partial charge in [0.2, 0.25) is 11.8 Å². The Kier molecular flexibility index (Phi) is 5.32. The normalized spacial score (nSPS) is 11.9. The second-order valence-corrected chi connectivity index (χ2v) is 4.21. The summed E-state index contributed by atoms with van der Waals surface area (Å²) in [6.07, 6.45) is -0.386. The third kappa shape index (κ3) is 4.97. The summed E-state index contributed by atoms with van der Waals surface area (Å²) >= 11 is 0. The van der Waals surface area contributed by atoms with Crippen LogP contribution in [0.4, 0.5) is 0 Å². The third-order valence-electron chi connectivity index (χ3n) is 2.54. The first-order valence-electron chi connectivity index (χ1n) is 5.78. The number of nitrogens with one attached hydrogen (secondary N) is 1. The second-order valence-electron chi connectivity index (χ2n) is 4.21. The Morgan fingerprint density at radius 1 is 1.44 bits per heavy atom. The summed E-state index contributed by atoms with van der Waals surface area (Å²) in [5, 5.41) is 11.6. The van der Waals surface area contributed by atoms with Gasteiger partial charge in [0, 0.05) is 6.42 Å². The molecule has 0 radical (unpaired) electrons. The molecule has 0 fully saturated rings. The highest BCUT2D eigenvalue weighted by Crippen LogP contribution is 2.06. The molecule has 1 rings (SSSR count). The first-order chi connectivity index (χ1) is 8.49. The number of primary amides is 1. The highest BCUT2D eigenvalue weighted by molar-refractivity contribution is 5.81. The van der Waals surface area contributed by atoms with E-state index in [-0.39, 0.29) is 12.5 Å². The molecule has 0 aliphatic carbocycles. The molecule has 4 N–H and O–H groups in total. The first kappa shape index (κ1) is 14.2. The predicted octanol–water partition coefficient (Wildman–Crippen LogP) is -0.110. The van der Waals surface area contributed by atoms with Crippen LogP contribution in [0.1, 0.15) is 17.5 Å². The molecular weight excluding hydrogens is 232 g/mol. The summed E-state index contributed by atoms with van der Waals surface area (Å²) in [7, 11) is 0. The average Bonchev–Trinajstić information content (AvgIpc) is 2.33. The molecule has 0 saturated heterocycles. The molecule has 1 atom stereocenters. The molecule has 0 aliphatic heterocycles. The van der Waals surface area contributed by atoms with Gasteiger partial charge in [-0.3, -0.25) is 9.59 Å². The van der Waals surface area contributed by atoms with E-state index in [2.05, 4.69) is 5.32 Å². The van der Waals surface area contributed by atoms with Gasteiger partial charge in [-0.25, -0.2) is 0 Å². The zero-order chi connectivity index (χ0) is 13.5. The molecule has 18 heavy (non-hydrogen) atoms. The van der Waals surface area contributed by atoms with Gasteiger partial charge in [-0.15, -0.1) is 0 Å². The van der Waals surface area contributed by atoms with E-state index in [0.717, 1.165) is 11.1 Å². The van der Waals surface area contributed by atoms with Crippen LogP contribution in [0.15, 0.2) is 24.3 Å². The lowest BCUT2D eigenvalue weighted by Crippen LogP contribution is -2.40. The van der Waals surface area contributed by atoms with Crippen LogP contribution in [0.5, 0.6) is 0 Å². The van der Waals surface area contributed by atoms with E-state index in [4.69, 9.17) is 10.8 Å². The fraction of sp³-hybridized carbons (Fsp3) is 0.385. The number of carbonyl (C=O) groups excluding carboxylic acids is 2. The molecule has 1 aromatic carbocycles. The standard InChI is InChI=1S/C13H18N2O3/c1-9-3-2-4-10(7-9)5-6-12(17)15-8-11(16)13(14)18/h2-4,7,11,16H,5-6,8H2,1H3,(H2,14,18)(H,15,17). The molecule has 1 aromatic rings. The van der Waals surface area contributed by atoms with Gasteiger partial charge in [0.25, 0.3) is 0 Å². The van der Waals surface area contributed by atoms with E-state index in [1.165, 1.54) is 0 Å². The summed E-state index contributed by atoms with van der Waals surface area (Å²) in [5.41, 5.74) is 7.10. The highest BCUT2D eigenvalue weighted by atomic mass is 16.3. The Hall–Kier alpha value is -1.88. The summed E-state index contributed by atoms with van der Waals surface area (Å²) in [6, 6.07) is 7.91. The van der Waals surface area contributed by atoms with Gasteiger partial charge in [0.1, 0.15) is 6.10 Å². The summed E-state index contributed by atoms with van der Waals surface area (Å²) < 4.78 is 0. The topological polar surface area (TPSA) is 92.4 Å². The smallest absolute Gasteiger partial charge is 0.248 e. The molecule has 0 aromatic heterocycles. The number of rotatable bonds is 6. The SMILES string of the molecule is Cc1cccc(CCC(=O)NCC(O)C(N)=O)c1. The molecule has 0 heterocycles. The van der Waals surface area contributed by atoms with Crippen molar-refractivity contribution < 1.29 is 14.7 Å². The van der Waals surface area contributed by atoms with Crippen LogP contribution >= 0.6 is 0 Å². The molecule has 0 aliphatic rings. The maximum absolute atomic E-state index is 11.5. The zero-order valence-electron chi connectivity index (χ0n) is 10.3. The molecule has 5 nitrogen and oxygen atoms in total. The minimum atomic E-state index is -1.33. The average molecular weight is 250 g/mol. The first-order valence-corrected chi connectivity index (χ1v) is 5.78. The van der Waals surface area contributed by atoms with E-state index < -0.39 is 12.0 Å². The summed E-state index contributed by atoms with van der Waals surface area (Å²) in [6.45, 7) is 1.86. The van der Waals surface area contributed by atoms with Crippen LogP contribution in [-0.4, -0.2) is 29.6 Å². The zero-order valence-corrected chi connectivity index (χ0v) is 10.3. The molecule has 0 saturated carbocycles. The van der Waals surface area contributed by atoms with E-state index in [1.54, 1.807) is 0 Å². The Labute approximate surface area is 106 Å². The van der Waals surface area contributed by atoms with E-state index in [1.807, 2.05) is 31.2 Å². The van der Waals surface area contributed by atoms with Crippen molar-refractivity contribution in [3.8, 4) is 0 Å². The number of aryl methyl sites for hydroxylation is 2. The van der Waals surface area contributed by atoms with Crippen molar-refractivity contribution in [3.63, 3.8) is 0 Å². The van der Waals surface area contributed by atoms with Crippen LogP contribution in [-0.2, 0) is 16.0 Å².